The Bertz CT molecular complexity index is 463. The first-order valence-corrected chi connectivity index (χ1v) is 8.88. The summed E-state index contributed by atoms with van der Waals surface area (Å²) in [6.07, 6.45) is 6.36. The molecular weight excluding hydrogens is 331 g/mol. The Labute approximate surface area is 151 Å². The van der Waals surface area contributed by atoms with Gasteiger partial charge in [-0.05, 0) is 62.9 Å². The van der Waals surface area contributed by atoms with Gasteiger partial charge in [-0.15, -0.1) is 12.4 Å². The zero-order valence-corrected chi connectivity index (χ0v) is 15.4. The molecule has 0 amide bonds. The summed E-state index contributed by atoms with van der Waals surface area (Å²) >= 11 is 6.01. The summed E-state index contributed by atoms with van der Waals surface area (Å²) in [4.78, 5) is 2.75. The maximum Gasteiger partial charge on any atom is 0.0598 e. The standard InChI is InChI=1S/C18H27ClN2O.ClH/c1-22-18-8-11-21(16-6-9-20-10-7-16)17(13-18)12-14-2-4-15(19)5-3-14;/h2-5,16-18,20H,6-13H2,1H3;1H/t17-,18+;/m0./s1. The number of nitrogens with zero attached hydrogens (tertiary/aromatic N) is 1. The minimum Gasteiger partial charge on any atom is -0.381 e. The average molecular weight is 359 g/mol. The summed E-state index contributed by atoms with van der Waals surface area (Å²) in [6, 6.07) is 9.66. The molecule has 3 nitrogen and oxygen atoms in total. The number of ether oxygens (including phenoxy) is 1. The molecule has 3 rings (SSSR count). The number of halogens is 2. The van der Waals surface area contributed by atoms with E-state index in [4.69, 9.17) is 16.3 Å². The predicted molar refractivity (Wildman–Crippen MR) is 98.8 cm³/mol. The zero-order valence-electron chi connectivity index (χ0n) is 13.8. The fourth-order valence-corrected chi connectivity index (χ4v) is 4.08. The average Bonchev–Trinajstić information content (AvgIpc) is 2.57. The van der Waals surface area contributed by atoms with E-state index in [1.807, 2.05) is 19.2 Å². The second-order valence-electron chi connectivity index (χ2n) is 6.59. The van der Waals surface area contributed by atoms with Gasteiger partial charge in [0.1, 0.15) is 0 Å². The molecule has 1 N–H and O–H groups in total. The monoisotopic (exact) mass is 358 g/mol. The van der Waals surface area contributed by atoms with Crippen molar-refractivity contribution in [3.63, 3.8) is 0 Å². The molecule has 0 bridgehead atoms. The molecule has 0 unspecified atom stereocenters. The summed E-state index contributed by atoms with van der Waals surface area (Å²) in [7, 11) is 1.85. The van der Waals surface area contributed by atoms with Gasteiger partial charge in [0.2, 0.25) is 0 Å². The molecule has 130 valence electrons. The molecule has 1 aromatic carbocycles. The van der Waals surface area contributed by atoms with E-state index in [0.29, 0.717) is 12.1 Å². The number of benzene rings is 1. The van der Waals surface area contributed by atoms with Gasteiger partial charge in [-0.2, -0.15) is 0 Å². The van der Waals surface area contributed by atoms with E-state index in [-0.39, 0.29) is 12.4 Å². The number of piperidine rings is 2. The highest BCUT2D eigenvalue weighted by molar-refractivity contribution is 6.30. The third-order valence-corrected chi connectivity index (χ3v) is 5.46. The predicted octanol–water partition coefficient (Wildman–Crippen LogP) is 3.54. The Kier molecular flexibility index (Phi) is 7.64. The van der Waals surface area contributed by atoms with Crippen LogP contribution in [0.5, 0.6) is 0 Å². The lowest BCUT2D eigenvalue weighted by molar-refractivity contribution is -0.0121. The van der Waals surface area contributed by atoms with Crippen LogP contribution in [-0.4, -0.2) is 49.8 Å². The fourth-order valence-electron chi connectivity index (χ4n) is 3.96. The lowest BCUT2D eigenvalue weighted by Gasteiger charge is -2.45. The van der Waals surface area contributed by atoms with Crippen molar-refractivity contribution in [1.29, 1.82) is 0 Å². The van der Waals surface area contributed by atoms with Crippen molar-refractivity contribution in [1.82, 2.24) is 10.2 Å². The molecule has 2 saturated heterocycles. The second-order valence-corrected chi connectivity index (χ2v) is 7.02. The summed E-state index contributed by atoms with van der Waals surface area (Å²) in [6.45, 7) is 3.48. The molecule has 2 aliphatic heterocycles. The Morgan fingerprint density at radius 2 is 1.87 bits per heavy atom. The van der Waals surface area contributed by atoms with Gasteiger partial charge in [0, 0.05) is 30.8 Å². The molecule has 2 heterocycles. The lowest BCUT2D eigenvalue weighted by Crippen LogP contribution is -2.53. The second kappa shape index (κ2) is 9.24. The van der Waals surface area contributed by atoms with Gasteiger partial charge in [0.05, 0.1) is 6.10 Å². The number of methoxy groups -OCH3 is 1. The minimum absolute atomic E-state index is 0. The van der Waals surface area contributed by atoms with Crippen LogP contribution in [-0.2, 0) is 11.2 Å². The number of hydrogen-bond acceptors (Lipinski definition) is 3. The molecule has 23 heavy (non-hydrogen) atoms. The smallest absolute Gasteiger partial charge is 0.0598 e. The van der Waals surface area contributed by atoms with Crippen molar-refractivity contribution in [2.24, 2.45) is 0 Å². The van der Waals surface area contributed by atoms with E-state index in [9.17, 15) is 0 Å². The summed E-state index contributed by atoms with van der Waals surface area (Å²) < 4.78 is 5.65. The summed E-state index contributed by atoms with van der Waals surface area (Å²) in [5.41, 5.74) is 1.38. The first-order valence-electron chi connectivity index (χ1n) is 8.50. The van der Waals surface area contributed by atoms with Crippen LogP contribution in [0.2, 0.25) is 5.02 Å². The molecule has 0 aliphatic carbocycles. The quantitative estimate of drug-likeness (QED) is 0.890. The van der Waals surface area contributed by atoms with Crippen LogP contribution >= 0.6 is 24.0 Å². The molecule has 2 aliphatic rings. The Morgan fingerprint density at radius 1 is 1.17 bits per heavy atom. The van der Waals surface area contributed by atoms with Crippen LogP contribution in [0.15, 0.2) is 24.3 Å². The van der Waals surface area contributed by atoms with Crippen molar-refractivity contribution in [2.75, 3.05) is 26.7 Å². The third-order valence-electron chi connectivity index (χ3n) is 5.21. The van der Waals surface area contributed by atoms with Gasteiger partial charge in [0.25, 0.3) is 0 Å². The fraction of sp³-hybridized carbons (Fsp3) is 0.667. The van der Waals surface area contributed by atoms with Gasteiger partial charge in [-0.1, -0.05) is 23.7 Å². The highest BCUT2D eigenvalue weighted by atomic mass is 35.5. The molecule has 0 radical (unpaired) electrons. The largest absolute Gasteiger partial charge is 0.381 e. The highest BCUT2D eigenvalue weighted by Crippen LogP contribution is 2.28. The van der Waals surface area contributed by atoms with E-state index in [1.54, 1.807) is 0 Å². The van der Waals surface area contributed by atoms with Gasteiger partial charge in [-0.3, -0.25) is 4.90 Å². The summed E-state index contributed by atoms with van der Waals surface area (Å²) in [5.74, 6) is 0. The van der Waals surface area contributed by atoms with Gasteiger partial charge in [0.15, 0.2) is 0 Å². The summed E-state index contributed by atoms with van der Waals surface area (Å²) in [5, 5.41) is 4.30. The third kappa shape index (κ3) is 5.07. The van der Waals surface area contributed by atoms with E-state index in [2.05, 4.69) is 22.3 Å². The van der Waals surface area contributed by atoms with Crippen LogP contribution in [0.25, 0.3) is 0 Å². The minimum atomic E-state index is 0. The molecule has 5 heteroatoms. The van der Waals surface area contributed by atoms with Crippen molar-refractivity contribution >= 4 is 24.0 Å². The molecule has 1 aromatic rings. The number of rotatable bonds is 4. The maximum atomic E-state index is 6.01. The Balaban J connectivity index is 0.00000192. The Hall–Kier alpha value is -0.320. The van der Waals surface area contributed by atoms with Crippen LogP contribution in [0.1, 0.15) is 31.2 Å². The Morgan fingerprint density at radius 3 is 2.52 bits per heavy atom. The van der Waals surface area contributed by atoms with Crippen LogP contribution < -0.4 is 5.32 Å². The highest BCUT2D eigenvalue weighted by Gasteiger charge is 2.33. The zero-order chi connectivity index (χ0) is 15.4. The van der Waals surface area contributed by atoms with E-state index in [1.165, 1.54) is 24.9 Å². The normalized spacial score (nSPS) is 26.7. The van der Waals surface area contributed by atoms with E-state index in [0.717, 1.165) is 43.4 Å². The van der Waals surface area contributed by atoms with E-state index < -0.39 is 0 Å². The van der Waals surface area contributed by atoms with Gasteiger partial charge in [-0.25, -0.2) is 0 Å². The molecule has 0 spiro atoms. The first kappa shape index (κ1) is 19.0. The molecule has 0 saturated carbocycles. The SMILES string of the molecule is CO[C@@H]1CCN(C2CCNCC2)[C@@H](Cc2ccc(Cl)cc2)C1.Cl. The first-order chi connectivity index (χ1) is 10.8. The van der Waals surface area contributed by atoms with Crippen LogP contribution in [0.3, 0.4) is 0 Å². The van der Waals surface area contributed by atoms with Gasteiger partial charge >= 0.3 is 0 Å². The topological polar surface area (TPSA) is 24.5 Å². The van der Waals surface area contributed by atoms with Crippen molar-refractivity contribution in [3.05, 3.63) is 34.9 Å². The molecule has 0 aromatic heterocycles. The number of hydrogen-bond donors (Lipinski definition) is 1. The molecular formula is C18H28Cl2N2O. The van der Waals surface area contributed by atoms with Gasteiger partial charge < -0.3 is 10.1 Å². The van der Waals surface area contributed by atoms with Crippen LogP contribution in [0, 0.1) is 0 Å². The molecule has 2 fully saturated rings. The number of nitrogens with one attached hydrogen (secondary N) is 1. The van der Waals surface area contributed by atoms with Crippen molar-refractivity contribution < 1.29 is 4.74 Å². The van der Waals surface area contributed by atoms with Crippen molar-refractivity contribution in [2.45, 2.75) is 50.3 Å². The van der Waals surface area contributed by atoms with Crippen LogP contribution in [0.4, 0.5) is 0 Å². The molecule has 2 atom stereocenters. The lowest BCUT2D eigenvalue weighted by atomic mass is 9.90. The van der Waals surface area contributed by atoms with Crippen molar-refractivity contribution in [3.8, 4) is 0 Å². The van der Waals surface area contributed by atoms with E-state index >= 15 is 0 Å². The maximum absolute atomic E-state index is 6.01. The number of likely N-dealkylation sites (tertiary alicyclic amines) is 1.